The SMILES string of the molecule is O=C(Cc1ccc(F)c(Cl)c1)c1ccccc1OC(F)F. The van der Waals surface area contributed by atoms with Crippen LogP contribution in [0.5, 0.6) is 5.75 Å². The van der Waals surface area contributed by atoms with E-state index >= 15 is 0 Å². The Morgan fingerprint density at radius 1 is 1.19 bits per heavy atom. The maximum absolute atomic E-state index is 13.0. The lowest BCUT2D eigenvalue weighted by Gasteiger charge is -2.09. The average molecular weight is 315 g/mol. The lowest BCUT2D eigenvalue weighted by atomic mass is 10.0. The van der Waals surface area contributed by atoms with E-state index in [2.05, 4.69) is 4.74 Å². The number of benzene rings is 2. The number of hydrogen-bond acceptors (Lipinski definition) is 2. The van der Waals surface area contributed by atoms with Crippen LogP contribution < -0.4 is 4.74 Å². The van der Waals surface area contributed by atoms with Gasteiger partial charge in [-0.1, -0.05) is 29.8 Å². The summed E-state index contributed by atoms with van der Waals surface area (Å²) < 4.78 is 41.9. The van der Waals surface area contributed by atoms with Crippen LogP contribution in [-0.4, -0.2) is 12.4 Å². The van der Waals surface area contributed by atoms with Crippen molar-refractivity contribution in [2.45, 2.75) is 13.0 Å². The molecule has 2 aromatic carbocycles. The molecule has 0 radical (unpaired) electrons. The number of hydrogen-bond donors (Lipinski definition) is 0. The highest BCUT2D eigenvalue weighted by atomic mass is 35.5. The van der Waals surface area contributed by atoms with Crippen LogP contribution in [0.2, 0.25) is 5.02 Å². The standard InChI is InChI=1S/C15H10ClF3O2/c16-11-7-9(5-6-12(11)17)8-13(20)10-3-1-2-4-14(10)21-15(18)19/h1-7,15H,8H2. The van der Waals surface area contributed by atoms with E-state index < -0.39 is 18.2 Å². The predicted octanol–water partition coefficient (Wildman–Crippen LogP) is 4.51. The summed E-state index contributed by atoms with van der Waals surface area (Å²) in [7, 11) is 0. The maximum Gasteiger partial charge on any atom is 0.387 e. The Morgan fingerprint density at radius 3 is 2.57 bits per heavy atom. The van der Waals surface area contributed by atoms with Crippen molar-refractivity contribution >= 4 is 17.4 Å². The van der Waals surface area contributed by atoms with E-state index in [1.807, 2.05) is 0 Å². The molecule has 0 aliphatic heterocycles. The third-order valence-corrected chi connectivity index (χ3v) is 3.04. The lowest BCUT2D eigenvalue weighted by molar-refractivity contribution is -0.0501. The largest absolute Gasteiger partial charge is 0.434 e. The molecule has 21 heavy (non-hydrogen) atoms. The summed E-state index contributed by atoms with van der Waals surface area (Å²) >= 11 is 5.63. The normalized spacial score (nSPS) is 10.7. The fraction of sp³-hybridized carbons (Fsp3) is 0.133. The molecule has 0 unspecified atom stereocenters. The molecular formula is C15H10ClF3O2. The van der Waals surface area contributed by atoms with Crippen LogP contribution in [0.1, 0.15) is 15.9 Å². The first-order chi connectivity index (χ1) is 9.97. The Morgan fingerprint density at radius 2 is 1.90 bits per heavy atom. The van der Waals surface area contributed by atoms with Crippen molar-refractivity contribution in [2.24, 2.45) is 0 Å². The van der Waals surface area contributed by atoms with Crippen molar-refractivity contribution in [2.75, 3.05) is 0 Å². The zero-order chi connectivity index (χ0) is 15.4. The van der Waals surface area contributed by atoms with Crippen molar-refractivity contribution in [1.82, 2.24) is 0 Å². The molecule has 0 saturated carbocycles. The second-order valence-electron chi connectivity index (χ2n) is 4.22. The molecule has 0 aliphatic carbocycles. The van der Waals surface area contributed by atoms with Crippen LogP contribution in [0.15, 0.2) is 42.5 Å². The molecule has 2 aromatic rings. The quantitative estimate of drug-likeness (QED) is 0.759. The second-order valence-corrected chi connectivity index (χ2v) is 4.63. The van der Waals surface area contributed by atoms with E-state index in [9.17, 15) is 18.0 Å². The molecule has 0 amide bonds. The minimum Gasteiger partial charge on any atom is -0.434 e. The van der Waals surface area contributed by atoms with E-state index in [4.69, 9.17) is 11.6 Å². The Hall–Kier alpha value is -2.01. The number of carbonyl (C=O) groups is 1. The molecule has 0 atom stereocenters. The summed E-state index contributed by atoms with van der Waals surface area (Å²) in [6.45, 7) is -3.01. The van der Waals surface area contributed by atoms with Gasteiger partial charge in [0.15, 0.2) is 5.78 Å². The zero-order valence-corrected chi connectivity index (χ0v) is 11.4. The van der Waals surface area contributed by atoms with Crippen molar-refractivity contribution in [3.8, 4) is 5.75 Å². The molecule has 0 aliphatic rings. The molecule has 0 saturated heterocycles. The fourth-order valence-electron chi connectivity index (χ4n) is 1.83. The summed E-state index contributed by atoms with van der Waals surface area (Å²) in [5, 5.41) is -0.0996. The number of para-hydroxylation sites is 1. The van der Waals surface area contributed by atoms with Crippen LogP contribution in [0.3, 0.4) is 0 Å². The van der Waals surface area contributed by atoms with Crippen LogP contribution in [0, 0.1) is 5.82 Å². The van der Waals surface area contributed by atoms with Gasteiger partial charge in [0.05, 0.1) is 10.6 Å². The number of carbonyl (C=O) groups excluding carboxylic acids is 1. The summed E-state index contributed by atoms with van der Waals surface area (Å²) in [6, 6.07) is 9.60. The molecule has 0 bridgehead atoms. The van der Waals surface area contributed by atoms with Gasteiger partial charge >= 0.3 is 6.61 Å². The minimum atomic E-state index is -3.01. The van der Waals surface area contributed by atoms with E-state index in [0.717, 1.165) is 6.07 Å². The first-order valence-electron chi connectivity index (χ1n) is 5.98. The van der Waals surface area contributed by atoms with E-state index in [1.54, 1.807) is 6.07 Å². The summed E-state index contributed by atoms with van der Waals surface area (Å²) in [5.74, 6) is -1.20. The molecule has 0 aromatic heterocycles. The molecule has 0 N–H and O–H groups in total. The van der Waals surface area contributed by atoms with Gasteiger partial charge < -0.3 is 4.74 Å². The first-order valence-corrected chi connectivity index (χ1v) is 6.36. The second kappa shape index (κ2) is 6.63. The van der Waals surface area contributed by atoms with Gasteiger partial charge in [0, 0.05) is 6.42 Å². The van der Waals surface area contributed by atoms with Gasteiger partial charge in [-0.2, -0.15) is 8.78 Å². The van der Waals surface area contributed by atoms with Crippen LogP contribution >= 0.6 is 11.6 Å². The Balaban J connectivity index is 2.22. The lowest BCUT2D eigenvalue weighted by Crippen LogP contribution is -2.09. The molecule has 2 rings (SSSR count). The Labute approximate surface area is 124 Å². The van der Waals surface area contributed by atoms with E-state index in [1.165, 1.54) is 30.3 Å². The summed E-state index contributed by atoms with van der Waals surface area (Å²) in [4.78, 5) is 12.2. The number of Topliss-reactive ketones (excluding diaryl/α,β-unsaturated/α-hetero) is 1. The topological polar surface area (TPSA) is 26.3 Å². The number of rotatable bonds is 5. The number of halogens is 4. The van der Waals surface area contributed by atoms with Crippen molar-refractivity contribution in [3.63, 3.8) is 0 Å². The molecule has 0 heterocycles. The van der Waals surface area contributed by atoms with Gasteiger partial charge in [-0.3, -0.25) is 4.79 Å². The number of alkyl halides is 2. The smallest absolute Gasteiger partial charge is 0.387 e. The van der Waals surface area contributed by atoms with Crippen molar-refractivity contribution < 1.29 is 22.7 Å². The van der Waals surface area contributed by atoms with Crippen LogP contribution in [0.25, 0.3) is 0 Å². The third-order valence-electron chi connectivity index (χ3n) is 2.75. The van der Waals surface area contributed by atoms with E-state index in [0.29, 0.717) is 5.56 Å². The van der Waals surface area contributed by atoms with Gasteiger partial charge in [0.25, 0.3) is 0 Å². The van der Waals surface area contributed by atoms with Gasteiger partial charge in [0.1, 0.15) is 11.6 Å². The first kappa shape index (κ1) is 15.4. The zero-order valence-electron chi connectivity index (χ0n) is 10.7. The highest BCUT2D eigenvalue weighted by molar-refractivity contribution is 6.30. The molecule has 6 heteroatoms. The molecule has 2 nitrogen and oxygen atoms in total. The third kappa shape index (κ3) is 3.98. The molecule has 0 spiro atoms. The summed E-state index contributed by atoms with van der Waals surface area (Å²) in [6.07, 6.45) is -0.0936. The number of ether oxygens (including phenoxy) is 1. The maximum atomic E-state index is 13.0. The Bertz CT molecular complexity index is 659. The van der Waals surface area contributed by atoms with Crippen molar-refractivity contribution in [3.05, 3.63) is 64.4 Å². The van der Waals surface area contributed by atoms with Gasteiger partial charge in [-0.25, -0.2) is 4.39 Å². The Kier molecular flexibility index (Phi) is 4.85. The van der Waals surface area contributed by atoms with Gasteiger partial charge in [0.2, 0.25) is 0 Å². The van der Waals surface area contributed by atoms with Crippen LogP contribution in [0.4, 0.5) is 13.2 Å². The molecular weight excluding hydrogens is 305 g/mol. The van der Waals surface area contributed by atoms with Gasteiger partial charge in [-0.05, 0) is 29.8 Å². The monoisotopic (exact) mass is 314 g/mol. The highest BCUT2D eigenvalue weighted by Gasteiger charge is 2.16. The van der Waals surface area contributed by atoms with Crippen LogP contribution in [-0.2, 0) is 6.42 Å². The van der Waals surface area contributed by atoms with Gasteiger partial charge in [-0.15, -0.1) is 0 Å². The van der Waals surface area contributed by atoms with Crippen molar-refractivity contribution in [1.29, 1.82) is 0 Å². The fourth-order valence-corrected chi connectivity index (χ4v) is 2.03. The average Bonchev–Trinajstić information content (AvgIpc) is 2.43. The number of ketones is 1. The minimum absolute atomic E-state index is 0.0400. The molecule has 110 valence electrons. The molecule has 0 fully saturated rings. The predicted molar refractivity (Wildman–Crippen MR) is 72.5 cm³/mol. The highest BCUT2D eigenvalue weighted by Crippen LogP contribution is 2.23. The van der Waals surface area contributed by atoms with E-state index in [-0.39, 0.29) is 22.8 Å². The summed E-state index contributed by atoms with van der Waals surface area (Å²) in [5.41, 5.74) is 0.525.